The van der Waals surface area contributed by atoms with Crippen LogP contribution >= 0.6 is 11.3 Å². The maximum atomic E-state index is 14.7. The third-order valence-corrected chi connectivity index (χ3v) is 7.87. The number of ketones is 1. The lowest BCUT2D eigenvalue weighted by atomic mass is 9.95. The third-order valence-electron chi connectivity index (χ3n) is 6.75. The summed E-state index contributed by atoms with van der Waals surface area (Å²) >= 11 is 1.35. The van der Waals surface area contributed by atoms with Crippen molar-refractivity contribution in [3.05, 3.63) is 100 Å². The fraction of sp³-hybridized carbons (Fsp3) is 0.172. The number of amides is 1. The van der Waals surface area contributed by atoms with Crippen LogP contribution in [0.4, 0.5) is 15.9 Å². The largest absolute Gasteiger partial charge is 0.338 e. The molecule has 4 heterocycles. The lowest BCUT2D eigenvalue weighted by Crippen LogP contribution is -2.39. The van der Waals surface area contributed by atoms with Crippen LogP contribution in [0, 0.1) is 5.82 Å². The summed E-state index contributed by atoms with van der Waals surface area (Å²) in [7, 11) is 0. The number of halogens is 1. The lowest BCUT2D eigenvalue weighted by Gasteiger charge is -2.27. The molecule has 2 aliphatic rings. The molecule has 4 N–H and O–H groups in total. The van der Waals surface area contributed by atoms with Crippen LogP contribution in [-0.4, -0.2) is 42.0 Å². The summed E-state index contributed by atoms with van der Waals surface area (Å²) < 4.78 is 15.7. The molecule has 10 heteroatoms. The topological polar surface area (TPSA) is 108 Å². The first-order valence-electron chi connectivity index (χ1n) is 12.6. The number of hydrazone groups is 1. The van der Waals surface area contributed by atoms with Gasteiger partial charge in [0.25, 0.3) is 5.91 Å². The van der Waals surface area contributed by atoms with Gasteiger partial charge in [-0.3, -0.25) is 9.59 Å². The minimum atomic E-state index is -0.548. The van der Waals surface area contributed by atoms with Crippen LogP contribution < -0.4 is 21.4 Å². The summed E-state index contributed by atoms with van der Waals surface area (Å²) in [5, 5.41) is 14.4. The van der Waals surface area contributed by atoms with E-state index in [4.69, 9.17) is 0 Å². The number of pyridine rings is 1. The first-order chi connectivity index (χ1) is 19.0. The molecule has 1 amide bonds. The highest BCUT2D eigenvalue weighted by atomic mass is 32.1. The van der Waals surface area contributed by atoms with E-state index in [2.05, 4.69) is 31.5 Å². The van der Waals surface area contributed by atoms with E-state index in [9.17, 15) is 14.0 Å². The Labute approximate surface area is 228 Å². The van der Waals surface area contributed by atoms with Crippen LogP contribution in [0.15, 0.2) is 83.7 Å². The quantitative estimate of drug-likeness (QED) is 0.284. The van der Waals surface area contributed by atoms with Gasteiger partial charge in [-0.25, -0.2) is 9.37 Å². The number of anilines is 2. The van der Waals surface area contributed by atoms with Gasteiger partial charge in [-0.15, -0.1) is 11.3 Å². The molecule has 2 aliphatic heterocycles. The molecule has 196 valence electrons. The van der Waals surface area contributed by atoms with Crippen LogP contribution in [0.2, 0.25) is 0 Å². The van der Waals surface area contributed by atoms with Crippen LogP contribution in [0.25, 0.3) is 10.1 Å². The number of carbonyl (C=O) groups is 2. The second-order valence-electron chi connectivity index (χ2n) is 9.39. The Morgan fingerprint density at radius 2 is 1.95 bits per heavy atom. The summed E-state index contributed by atoms with van der Waals surface area (Å²) in [4.78, 5) is 30.5. The monoisotopic (exact) mass is 540 g/mol. The molecule has 6 rings (SSSR count). The van der Waals surface area contributed by atoms with Gasteiger partial charge < -0.3 is 21.4 Å². The molecule has 0 unspecified atom stereocenters. The van der Waals surface area contributed by atoms with Crippen molar-refractivity contribution >= 4 is 50.3 Å². The zero-order valence-corrected chi connectivity index (χ0v) is 21.6. The Hall–Kier alpha value is -4.41. The molecule has 39 heavy (non-hydrogen) atoms. The van der Waals surface area contributed by atoms with Gasteiger partial charge in [0.15, 0.2) is 5.78 Å². The van der Waals surface area contributed by atoms with Gasteiger partial charge in [-0.1, -0.05) is 36.4 Å². The predicted octanol–water partition coefficient (Wildman–Crippen LogP) is 4.64. The van der Waals surface area contributed by atoms with Crippen molar-refractivity contribution in [1.82, 2.24) is 15.7 Å². The van der Waals surface area contributed by atoms with Gasteiger partial charge in [-0.2, -0.15) is 5.10 Å². The van der Waals surface area contributed by atoms with Crippen LogP contribution in [0.3, 0.4) is 0 Å². The van der Waals surface area contributed by atoms with Crippen LogP contribution in [0.1, 0.15) is 33.1 Å². The summed E-state index contributed by atoms with van der Waals surface area (Å²) in [5.41, 5.74) is 5.66. The van der Waals surface area contributed by atoms with E-state index < -0.39 is 5.82 Å². The first-order valence-corrected chi connectivity index (χ1v) is 13.4. The molecular formula is C29H25FN6O2S. The second-order valence-corrected chi connectivity index (χ2v) is 10.5. The molecular weight excluding hydrogens is 515 g/mol. The number of carbonyl (C=O) groups excluding carboxylic acids is 2. The molecule has 1 saturated heterocycles. The van der Waals surface area contributed by atoms with Crippen molar-refractivity contribution in [2.45, 2.75) is 12.3 Å². The van der Waals surface area contributed by atoms with Crippen molar-refractivity contribution in [2.75, 3.05) is 30.3 Å². The Balaban J connectivity index is 1.18. The number of rotatable bonds is 6. The van der Waals surface area contributed by atoms with E-state index in [0.29, 0.717) is 40.0 Å². The van der Waals surface area contributed by atoms with Crippen molar-refractivity contribution in [3.8, 4) is 0 Å². The lowest BCUT2D eigenvalue weighted by molar-refractivity contribution is -0.114. The summed E-state index contributed by atoms with van der Waals surface area (Å²) in [6.45, 7) is 1.89. The van der Waals surface area contributed by atoms with Crippen molar-refractivity contribution in [3.63, 3.8) is 0 Å². The Bertz CT molecular complexity index is 1590. The molecule has 0 saturated carbocycles. The predicted molar refractivity (Wildman–Crippen MR) is 152 cm³/mol. The van der Waals surface area contributed by atoms with Crippen molar-refractivity contribution in [2.24, 2.45) is 5.10 Å². The maximum Gasteiger partial charge on any atom is 0.265 e. The van der Waals surface area contributed by atoms with E-state index in [1.807, 2.05) is 42.6 Å². The first kappa shape index (κ1) is 24.9. The molecule has 0 aliphatic carbocycles. The average molecular weight is 541 g/mol. The Morgan fingerprint density at radius 3 is 2.72 bits per heavy atom. The van der Waals surface area contributed by atoms with E-state index in [1.54, 1.807) is 24.3 Å². The fourth-order valence-corrected chi connectivity index (χ4v) is 5.38. The zero-order valence-electron chi connectivity index (χ0n) is 20.8. The minimum absolute atomic E-state index is 0.00904. The van der Waals surface area contributed by atoms with Crippen LogP contribution in [-0.2, 0) is 4.79 Å². The number of hydrogen-bond donors (Lipinski definition) is 4. The van der Waals surface area contributed by atoms with Gasteiger partial charge in [0.2, 0.25) is 0 Å². The molecule has 0 spiro atoms. The van der Waals surface area contributed by atoms with Crippen molar-refractivity contribution in [1.29, 1.82) is 0 Å². The summed E-state index contributed by atoms with van der Waals surface area (Å²) in [6, 6.07) is 17.8. The van der Waals surface area contributed by atoms with Crippen molar-refractivity contribution < 1.29 is 14.0 Å². The third kappa shape index (κ3) is 5.43. The normalized spacial score (nSPS) is 17.2. The molecule has 4 aromatic rings. The highest BCUT2D eigenvalue weighted by molar-refractivity contribution is 7.20. The number of nitrogens with zero attached hydrogens (tertiary/aromatic N) is 2. The maximum absolute atomic E-state index is 14.7. The van der Waals surface area contributed by atoms with Gasteiger partial charge in [0.1, 0.15) is 11.6 Å². The zero-order chi connectivity index (χ0) is 26.8. The van der Waals surface area contributed by atoms with E-state index in [0.717, 1.165) is 23.2 Å². The second kappa shape index (κ2) is 10.8. The number of nitrogens with one attached hydrogen (secondary N) is 4. The number of allylic oxidation sites excluding steroid dienone is 1. The highest BCUT2D eigenvalue weighted by Crippen LogP contribution is 2.27. The number of benzene rings is 2. The number of fused-ring (bicyclic) bond motifs is 1. The average Bonchev–Trinajstić information content (AvgIpc) is 3.35. The Morgan fingerprint density at radius 1 is 1.08 bits per heavy atom. The van der Waals surface area contributed by atoms with Gasteiger partial charge >= 0.3 is 0 Å². The number of thiophene rings is 1. The Kier molecular flexibility index (Phi) is 6.87. The number of hydrogen-bond acceptors (Lipinski definition) is 8. The summed E-state index contributed by atoms with van der Waals surface area (Å²) in [6.07, 6.45) is 3.90. The highest BCUT2D eigenvalue weighted by Gasteiger charge is 2.20. The minimum Gasteiger partial charge on any atom is -0.338 e. The smallest absolute Gasteiger partial charge is 0.265 e. The molecule has 2 aromatic carbocycles. The molecule has 0 bridgehead atoms. The molecule has 8 nitrogen and oxygen atoms in total. The van der Waals surface area contributed by atoms with E-state index in [-0.39, 0.29) is 23.9 Å². The van der Waals surface area contributed by atoms with Gasteiger partial charge in [0.05, 0.1) is 28.5 Å². The fourth-order valence-electron chi connectivity index (χ4n) is 4.42. The van der Waals surface area contributed by atoms with Crippen LogP contribution in [0.5, 0.6) is 0 Å². The van der Waals surface area contributed by atoms with E-state index in [1.165, 1.54) is 23.0 Å². The molecule has 1 fully saturated rings. The molecule has 0 atom stereocenters. The molecule has 0 radical (unpaired) electrons. The van der Waals surface area contributed by atoms with Gasteiger partial charge in [-0.05, 0) is 41.3 Å². The standard InChI is InChI=1S/C29H25FN6O2S/c30-21-7-5-17(11-24(21)35-29(38)27-12-18-3-1-2-4-26(18)39-27)22-8-9-23(25(37)16-33-36-22)34-28-10-6-19(15-32-28)20-13-31-14-20/h1-7,9-12,15,20,31,33H,8,13-14,16H2,(H,32,34)(H,35,38)/b23-9?,36-22+. The number of Topliss-reactive ketones (excluding diaryl/α,β-unsaturated/α-hetero) is 1. The number of aromatic nitrogens is 1. The van der Waals surface area contributed by atoms with Gasteiger partial charge in [0, 0.05) is 41.9 Å². The SMILES string of the molecule is O=C1CN/N=C(/c2ccc(F)c(NC(=O)c3cc4ccccc4s3)c2)CC=C1Nc1ccc(C2CNC2)cn1. The summed E-state index contributed by atoms with van der Waals surface area (Å²) in [5.74, 6) is -0.0194. The molecule has 2 aromatic heterocycles. The van der Waals surface area contributed by atoms with E-state index >= 15 is 0 Å².